The molecule has 0 bridgehead atoms. The Morgan fingerprint density at radius 2 is 1.63 bits per heavy atom. The first kappa shape index (κ1) is 26.3. The zero-order chi connectivity index (χ0) is 26.5. The van der Waals surface area contributed by atoms with Crippen LogP contribution in [0.1, 0.15) is 48.4 Å². The van der Waals surface area contributed by atoms with Crippen molar-refractivity contribution in [2.24, 2.45) is 5.92 Å². The number of nitrogens with zero attached hydrogens (tertiary/aromatic N) is 1. The van der Waals surface area contributed by atoms with Gasteiger partial charge in [0.2, 0.25) is 0 Å². The first-order chi connectivity index (χ1) is 18.6. The van der Waals surface area contributed by atoms with Gasteiger partial charge in [-0.15, -0.1) is 0 Å². The van der Waals surface area contributed by atoms with Crippen molar-refractivity contribution in [3.8, 4) is 5.75 Å². The van der Waals surface area contributed by atoms with Crippen molar-refractivity contribution in [2.45, 2.75) is 45.5 Å². The lowest BCUT2D eigenvalue weighted by Gasteiger charge is -2.36. The van der Waals surface area contributed by atoms with Crippen LogP contribution in [0.5, 0.6) is 5.75 Å². The van der Waals surface area contributed by atoms with E-state index in [1.54, 1.807) is 14.2 Å². The standard InChI is InChI=1S/C34H39NO3/c1-24(2)31-16-12-28-22-30(38-23-25-8-6-5-7-9-25)15-17-32(28)33(31)26-10-13-29(14-11-26)35-20-18-27(19-21-35)34(36-3)37-4/h5-11,13-15,17,22,27,34H,1,12,16,18-21,23H2,2-4H3. The Balaban J connectivity index is 1.34. The van der Waals surface area contributed by atoms with Gasteiger partial charge in [0.1, 0.15) is 12.4 Å². The Labute approximate surface area is 227 Å². The van der Waals surface area contributed by atoms with Crippen molar-refractivity contribution in [3.63, 3.8) is 0 Å². The third-order valence-corrected chi connectivity index (χ3v) is 7.97. The molecule has 0 amide bonds. The average molecular weight is 510 g/mol. The second-order valence-corrected chi connectivity index (χ2v) is 10.4. The van der Waals surface area contributed by atoms with E-state index in [2.05, 4.69) is 73.0 Å². The van der Waals surface area contributed by atoms with E-state index in [1.807, 2.05) is 18.2 Å². The molecule has 1 fully saturated rings. The van der Waals surface area contributed by atoms with Crippen LogP contribution in [0.2, 0.25) is 0 Å². The van der Waals surface area contributed by atoms with E-state index in [4.69, 9.17) is 14.2 Å². The molecule has 0 unspecified atom stereocenters. The fourth-order valence-corrected chi connectivity index (χ4v) is 5.91. The smallest absolute Gasteiger partial charge is 0.159 e. The summed E-state index contributed by atoms with van der Waals surface area (Å²) in [5, 5.41) is 0. The molecule has 0 spiro atoms. The number of rotatable bonds is 9. The van der Waals surface area contributed by atoms with Crippen LogP contribution in [0.25, 0.3) is 5.57 Å². The van der Waals surface area contributed by atoms with Crippen LogP contribution >= 0.6 is 0 Å². The lowest BCUT2D eigenvalue weighted by Crippen LogP contribution is -2.39. The molecule has 0 aromatic heterocycles. The summed E-state index contributed by atoms with van der Waals surface area (Å²) in [4.78, 5) is 2.47. The monoisotopic (exact) mass is 509 g/mol. The molecule has 0 atom stereocenters. The first-order valence-corrected chi connectivity index (χ1v) is 13.7. The van der Waals surface area contributed by atoms with Crippen molar-refractivity contribution >= 4 is 11.3 Å². The van der Waals surface area contributed by atoms with E-state index in [0.29, 0.717) is 12.5 Å². The van der Waals surface area contributed by atoms with Gasteiger partial charge in [0.05, 0.1) is 0 Å². The number of methoxy groups -OCH3 is 2. The molecule has 2 aliphatic rings. The van der Waals surface area contributed by atoms with Crippen molar-refractivity contribution in [3.05, 3.63) is 113 Å². The van der Waals surface area contributed by atoms with Gasteiger partial charge < -0.3 is 19.1 Å². The van der Waals surface area contributed by atoms with Crippen molar-refractivity contribution in [1.82, 2.24) is 0 Å². The molecular weight excluding hydrogens is 470 g/mol. The average Bonchev–Trinajstić information content (AvgIpc) is 2.97. The normalized spacial score (nSPS) is 16.1. The van der Waals surface area contributed by atoms with Gasteiger partial charge in [0, 0.05) is 38.9 Å². The van der Waals surface area contributed by atoms with Crippen molar-refractivity contribution < 1.29 is 14.2 Å². The minimum Gasteiger partial charge on any atom is -0.489 e. The number of allylic oxidation sites excluding steroid dienone is 2. The molecule has 1 aliphatic carbocycles. The quantitative estimate of drug-likeness (QED) is 0.281. The van der Waals surface area contributed by atoms with Gasteiger partial charge in [0.25, 0.3) is 0 Å². The summed E-state index contributed by atoms with van der Waals surface area (Å²) in [5.41, 5.74) is 10.1. The molecule has 1 saturated heterocycles. The van der Waals surface area contributed by atoms with Gasteiger partial charge in [-0.25, -0.2) is 0 Å². The van der Waals surface area contributed by atoms with E-state index < -0.39 is 0 Å². The zero-order valence-electron chi connectivity index (χ0n) is 22.9. The van der Waals surface area contributed by atoms with Gasteiger partial charge in [0.15, 0.2) is 6.29 Å². The number of hydrogen-bond acceptors (Lipinski definition) is 4. The number of hydrogen-bond donors (Lipinski definition) is 0. The van der Waals surface area contributed by atoms with Crippen LogP contribution in [0, 0.1) is 5.92 Å². The summed E-state index contributed by atoms with van der Waals surface area (Å²) >= 11 is 0. The molecule has 0 saturated carbocycles. The van der Waals surface area contributed by atoms with E-state index in [1.165, 1.54) is 39.1 Å². The highest BCUT2D eigenvalue weighted by Gasteiger charge is 2.27. The van der Waals surface area contributed by atoms with Crippen LogP contribution in [-0.2, 0) is 22.5 Å². The second kappa shape index (κ2) is 12.0. The van der Waals surface area contributed by atoms with Gasteiger partial charge in [-0.2, -0.15) is 0 Å². The Morgan fingerprint density at radius 1 is 0.921 bits per heavy atom. The Kier molecular flexibility index (Phi) is 8.31. The molecule has 0 radical (unpaired) electrons. The topological polar surface area (TPSA) is 30.9 Å². The van der Waals surface area contributed by atoms with Crippen LogP contribution in [-0.4, -0.2) is 33.6 Å². The van der Waals surface area contributed by atoms with Crippen molar-refractivity contribution in [1.29, 1.82) is 0 Å². The maximum absolute atomic E-state index is 6.14. The Hall–Kier alpha value is -3.34. The highest BCUT2D eigenvalue weighted by atomic mass is 16.7. The van der Waals surface area contributed by atoms with E-state index in [0.717, 1.165) is 50.1 Å². The molecule has 5 rings (SSSR count). The largest absolute Gasteiger partial charge is 0.489 e. The highest BCUT2D eigenvalue weighted by Crippen LogP contribution is 2.40. The number of piperidine rings is 1. The van der Waals surface area contributed by atoms with E-state index in [9.17, 15) is 0 Å². The number of anilines is 1. The predicted octanol–water partition coefficient (Wildman–Crippen LogP) is 7.43. The fraction of sp³-hybridized carbons (Fsp3) is 0.353. The number of aryl methyl sites for hydroxylation is 1. The van der Waals surface area contributed by atoms with E-state index in [-0.39, 0.29) is 6.29 Å². The SMILES string of the molecule is C=C(C)C1=C(c2ccc(N3CCC(C(OC)OC)CC3)cc2)c2ccc(OCc3ccccc3)cc2CC1. The molecule has 1 aliphatic heterocycles. The predicted molar refractivity (Wildman–Crippen MR) is 156 cm³/mol. The van der Waals surface area contributed by atoms with Crippen LogP contribution in [0.15, 0.2) is 90.5 Å². The second-order valence-electron chi connectivity index (χ2n) is 10.4. The molecular formula is C34H39NO3. The summed E-state index contributed by atoms with van der Waals surface area (Å²) in [6.45, 7) is 9.06. The molecule has 0 N–H and O–H groups in total. The lowest BCUT2D eigenvalue weighted by atomic mass is 9.80. The van der Waals surface area contributed by atoms with Gasteiger partial charge in [-0.3, -0.25) is 0 Å². The van der Waals surface area contributed by atoms with E-state index >= 15 is 0 Å². The maximum atomic E-state index is 6.14. The van der Waals surface area contributed by atoms with Crippen LogP contribution < -0.4 is 9.64 Å². The zero-order valence-corrected chi connectivity index (χ0v) is 22.9. The first-order valence-electron chi connectivity index (χ1n) is 13.7. The Morgan fingerprint density at radius 3 is 2.29 bits per heavy atom. The molecule has 4 heteroatoms. The lowest BCUT2D eigenvalue weighted by molar-refractivity contribution is -0.141. The summed E-state index contributed by atoms with van der Waals surface area (Å²) in [6, 6.07) is 26.0. The summed E-state index contributed by atoms with van der Waals surface area (Å²) < 4.78 is 17.1. The molecule has 198 valence electrons. The van der Waals surface area contributed by atoms with Crippen LogP contribution in [0.3, 0.4) is 0 Å². The number of ether oxygens (including phenoxy) is 3. The number of fused-ring (bicyclic) bond motifs is 1. The van der Waals surface area contributed by atoms with Gasteiger partial charge >= 0.3 is 0 Å². The molecule has 1 heterocycles. The maximum Gasteiger partial charge on any atom is 0.159 e. The van der Waals surface area contributed by atoms with Crippen LogP contribution in [0.4, 0.5) is 5.69 Å². The minimum atomic E-state index is -0.109. The minimum absolute atomic E-state index is 0.109. The molecule has 4 nitrogen and oxygen atoms in total. The highest BCUT2D eigenvalue weighted by molar-refractivity contribution is 5.87. The van der Waals surface area contributed by atoms with Crippen molar-refractivity contribution in [2.75, 3.05) is 32.2 Å². The summed E-state index contributed by atoms with van der Waals surface area (Å²) in [6.07, 6.45) is 4.03. The molecule has 3 aromatic rings. The van der Waals surface area contributed by atoms with Gasteiger partial charge in [-0.1, -0.05) is 60.7 Å². The molecule has 3 aromatic carbocycles. The number of benzene rings is 3. The third-order valence-electron chi connectivity index (χ3n) is 7.97. The Bertz CT molecular complexity index is 1270. The molecule has 38 heavy (non-hydrogen) atoms. The summed E-state index contributed by atoms with van der Waals surface area (Å²) in [7, 11) is 3.46. The van der Waals surface area contributed by atoms with Gasteiger partial charge in [-0.05, 0) is 90.3 Å². The summed E-state index contributed by atoms with van der Waals surface area (Å²) in [5.74, 6) is 1.37. The third kappa shape index (κ3) is 5.72. The fourth-order valence-electron chi connectivity index (χ4n) is 5.91.